The Bertz CT molecular complexity index is 801. The Morgan fingerprint density at radius 3 is 2.50 bits per heavy atom. The molecular formula is C21H24N2O5. The van der Waals surface area contributed by atoms with Gasteiger partial charge in [-0.2, -0.15) is 5.26 Å². The van der Waals surface area contributed by atoms with Crippen LogP contribution in [0.1, 0.15) is 30.6 Å². The van der Waals surface area contributed by atoms with Crippen LogP contribution in [0.2, 0.25) is 0 Å². The van der Waals surface area contributed by atoms with Crippen LogP contribution in [0.15, 0.2) is 48.5 Å². The largest absolute Gasteiger partial charge is 0.491 e. The molecule has 0 unspecified atom stereocenters. The highest BCUT2D eigenvalue weighted by Crippen LogP contribution is 2.35. The summed E-state index contributed by atoms with van der Waals surface area (Å²) in [6, 6.07) is 15.6. The number of aliphatic hydroxyl groups excluding tert-OH is 2. The van der Waals surface area contributed by atoms with Gasteiger partial charge in [-0.05, 0) is 42.7 Å². The van der Waals surface area contributed by atoms with Gasteiger partial charge in [0.05, 0.1) is 18.2 Å². The van der Waals surface area contributed by atoms with Crippen LogP contribution in [0.25, 0.3) is 0 Å². The normalized spacial score (nSPS) is 12.5. The van der Waals surface area contributed by atoms with E-state index < -0.39 is 12.2 Å². The van der Waals surface area contributed by atoms with Crippen molar-refractivity contribution < 1.29 is 24.5 Å². The summed E-state index contributed by atoms with van der Waals surface area (Å²) in [6.45, 7) is 1.82. The molecule has 0 spiro atoms. The maximum absolute atomic E-state index is 12.4. The van der Waals surface area contributed by atoms with Crippen LogP contribution in [-0.2, 0) is 4.74 Å². The summed E-state index contributed by atoms with van der Waals surface area (Å²) in [5.41, 5.74) is 1.65. The van der Waals surface area contributed by atoms with Crippen molar-refractivity contribution >= 4 is 11.8 Å². The zero-order valence-electron chi connectivity index (χ0n) is 15.7. The summed E-state index contributed by atoms with van der Waals surface area (Å²) in [5, 5.41) is 29.8. The SMILES string of the molecule is C[C@@H](CCO)[C@@H](OC(=O)Nc1ccc(C#N)cc1)c1ccccc1OCCO. The molecule has 7 nitrogen and oxygen atoms in total. The number of nitriles is 1. The molecule has 0 saturated heterocycles. The molecule has 0 aromatic heterocycles. The molecule has 7 heteroatoms. The topological polar surface area (TPSA) is 112 Å². The molecule has 0 aliphatic carbocycles. The highest BCUT2D eigenvalue weighted by atomic mass is 16.6. The van der Waals surface area contributed by atoms with Crippen LogP contribution in [0.3, 0.4) is 0 Å². The van der Waals surface area contributed by atoms with Crippen molar-refractivity contribution in [3.05, 3.63) is 59.7 Å². The van der Waals surface area contributed by atoms with E-state index in [2.05, 4.69) is 5.32 Å². The number of anilines is 1. The first-order valence-electron chi connectivity index (χ1n) is 9.00. The Balaban J connectivity index is 2.19. The molecule has 1 amide bonds. The first kappa shape index (κ1) is 21.2. The Hall–Kier alpha value is -3.08. The van der Waals surface area contributed by atoms with Gasteiger partial charge in [-0.3, -0.25) is 5.32 Å². The molecule has 0 fully saturated rings. The highest BCUT2D eigenvalue weighted by molar-refractivity contribution is 5.84. The van der Waals surface area contributed by atoms with Crippen molar-refractivity contribution in [1.82, 2.24) is 0 Å². The van der Waals surface area contributed by atoms with Gasteiger partial charge >= 0.3 is 6.09 Å². The lowest BCUT2D eigenvalue weighted by molar-refractivity contribution is 0.0641. The predicted octanol–water partition coefficient (Wildman–Crippen LogP) is 3.24. The third-order valence-corrected chi connectivity index (χ3v) is 4.17. The molecule has 148 valence electrons. The van der Waals surface area contributed by atoms with Gasteiger partial charge in [-0.1, -0.05) is 25.1 Å². The van der Waals surface area contributed by atoms with E-state index in [9.17, 15) is 9.90 Å². The van der Waals surface area contributed by atoms with Crippen LogP contribution in [0, 0.1) is 17.2 Å². The minimum absolute atomic E-state index is 0.0437. The fraction of sp³-hybridized carbons (Fsp3) is 0.333. The number of amides is 1. The Morgan fingerprint density at radius 2 is 1.86 bits per heavy atom. The summed E-state index contributed by atoms with van der Waals surface area (Å²) in [6.07, 6.45) is -0.875. The summed E-state index contributed by atoms with van der Waals surface area (Å²) in [5.74, 6) is 0.341. The number of rotatable bonds is 9. The number of carbonyl (C=O) groups excluding carboxylic acids is 1. The smallest absolute Gasteiger partial charge is 0.412 e. The summed E-state index contributed by atoms with van der Waals surface area (Å²) < 4.78 is 11.2. The molecule has 0 saturated carbocycles. The summed E-state index contributed by atoms with van der Waals surface area (Å²) >= 11 is 0. The lowest BCUT2D eigenvalue weighted by atomic mass is 9.94. The molecule has 2 atom stereocenters. The number of carbonyl (C=O) groups is 1. The number of ether oxygens (including phenoxy) is 2. The molecule has 0 heterocycles. The maximum Gasteiger partial charge on any atom is 0.412 e. The number of hydrogen-bond donors (Lipinski definition) is 3. The average molecular weight is 384 g/mol. The Labute approximate surface area is 164 Å². The average Bonchev–Trinajstić information content (AvgIpc) is 2.71. The fourth-order valence-electron chi connectivity index (χ4n) is 2.73. The van der Waals surface area contributed by atoms with E-state index in [-0.39, 0.29) is 25.7 Å². The van der Waals surface area contributed by atoms with Crippen molar-refractivity contribution in [2.45, 2.75) is 19.4 Å². The van der Waals surface area contributed by atoms with Gasteiger partial charge in [0.25, 0.3) is 0 Å². The zero-order valence-corrected chi connectivity index (χ0v) is 15.7. The second-order valence-corrected chi connectivity index (χ2v) is 6.24. The van der Waals surface area contributed by atoms with Gasteiger partial charge in [-0.15, -0.1) is 0 Å². The van der Waals surface area contributed by atoms with Crippen molar-refractivity contribution in [3.63, 3.8) is 0 Å². The lowest BCUT2D eigenvalue weighted by Crippen LogP contribution is -2.23. The van der Waals surface area contributed by atoms with E-state index in [4.69, 9.17) is 19.8 Å². The Kier molecular flexibility index (Phi) is 8.28. The standard InChI is InChI=1S/C21H24N2O5/c1-15(10-11-24)20(18-4-2-3-5-19(18)27-13-12-25)28-21(26)23-17-8-6-16(14-22)7-9-17/h2-9,15,20,24-25H,10-13H2,1H3,(H,23,26)/t15-,20+/m0/s1. The van der Waals surface area contributed by atoms with E-state index in [1.807, 2.05) is 19.1 Å². The third kappa shape index (κ3) is 5.98. The van der Waals surface area contributed by atoms with E-state index in [1.165, 1.54) is 0 Å². The molecule has 0 aliphatic rings. The second kappa shape index (κ2) is 10.9. The van der Waals surface area contributed by atoms with Crippen LogP contribution in [-0.4, -0.2) is 36.1 Å². The van der Waals surface area contributed by atoms with Gasteiger partial charge in [0.2, 0.25) is 0 Å². The molecular weight excluding hydrogens is 360 g/mol. The molecule has 0 aliphatic heterocycles. The first-order valence-corrected chi connectivity index (χ1v) is 9.00. The first-order chi connectivity index (χ1) is 13.6. The molecule has 0 radical (unpaired) electrons. The van der Waals surface area contributed by atoms with Gasteiger partial charge in [0, 0.05) is 17.9 Å². The van der Waals surface area contributed by atoms with Crippen LogP contribution >= 0.6 is 0 Å². The second-order valence-electron chi connectivity index (χ2n) is 6.24. The van der Waals surface area contributed by atoms with Crippen LogP contribution < -0.4 is 10.1 Å². The van der Waals surface area contributed by atoms with E-state index in [0.717, 1.165) is 0 Å². The fourth-order valence-corrected chi connectivity index (χ4v) is 2.73. The van der Waals surface area contributed by atoms with Crippen LogP contribution in [0.4, 0.5) is 10.5 Å². The van der Waals surface area contributed by atoms with Gasteiger partial charge in [0.1, 0.15) is 18.5 Å². The minimum atomic E-state index is -0.656. The Morgan fingerprint density at radius 1 is 1.14 bits per heavy atom. The molecule has 0 bridgehead atoms. The van der Waals surface area contributed by atoms with E-state index in [1.54, 1.807) is 42.5 Å². The number of nitrogens with one attached hydrogen (secondary N) is 1. The number of aliphatic hydroxyl groups is 2. The lowest BCUT2D eigenvalue weighted by Gasteiger charge is -2.26. The monoisotopic (exact) mass is 384 g/mol. The number of nitrogens with zero attached hydrogens (tertiary/aromatic N) is 1. The minimum Gasteiger partial charge on any atom is -0.491 e. The highest BCUT2D eigenvalue weighted by Gasteiger charge is 2.26. The van der Waals surface area contributed by atoms with Crippen molar-refractivity contribution in [2.75, 3.05) is 25.1 Å². The van der Waals surface area contributed by atoms with E-state index in [0.29, 0.717) is 29.0 Å². The summed E-state index contributed by atoms with van der Waals surface area (Å²) in [7, 11) is 0. The summed E-state index contributed by atoms with van der Waals surface area (Å²) in [4.78, 5) is 12.4. The van der Waals surface area contributed by atoms with Gasteiger partial charge < -0.3 is 19.7 Å². The molecule has 2 aromatic rings. The zero-order chi connectivity index (χ0) is 20.4. The maximum atomic E-state index is 12.4. The molecule has 3 N–H and O–H groups in total. The van der Waals surface area contributed by atoms with Crippen LogP contribution in [0.5, 0.6) is 5.75 Å². The molecule has 2 rings (SSSR count). The number of benzene rings is 2. The quantitative estimate of drug-likeness (QED) is 0.612. The number of hydrogen-bond acceptors (Lipinski definition) is 6. The van der Waals surface area contributed by atoms with E-state index >= 15 is 0 Å². The van der Waals surface area contributed by atoms with Gasteiger partial charge in [-0.25, -0.2) is 4.79 Å². The van der Waals surface area contributed by atoms with Crippen molar-refractivity contribution in [3.8, 4) is 11.8 Å². The molecule has 28 heavy (non-hydrogen) atoms. The van der Waals surface area contributed by atoms with Gasteiger partial charge in [0.15, 0.2) is 0 Å². The third-order valence-electron chi connectivity index (χ3n) is 4.17. The number of para-hydroxylation sites is 1. The van der Waals surface area contributed by atoms with Crippen molar-refractivity contribution in [1.29, 1.82) is 5.26 Å². The molecule has 2 aromatic carbocycles. The predicted molar refractivity (Wildman–Crippen MR) is 104 cm³/mol. The van der Waals surface area contributed by atoms with Crippen molar-refractivity contribution in [2.24, 2.45) is 5.92 Å².